The van der Waals surface area contributed by atoms with Gasteiger partial charge < -0.3 is 35.4 Å². The van der Waals surface area contributed by atoms with E-state index in [0.29, 0.717) is 72.6 Å². The fraction of sp³-hybridized carbons (Fsp3) is 0.346. The van der Waals surface area contributed by atoms with Gasteiger partial charge in [0.25, 0.3) is 5.91 Å². The second-order valence-electron chi connectivity index (χ2n) is 9.60. The Bertz CT molecular complexity index is 1660. The van der Waals surface area contributed by atoms with Crippen molar-refractivity contribution in [1.82, 2.24) is 39.3 Å². The van der Waals surface area contributed by atoms with Crippen molar-refractivity contribution in [1.29, 1.82) is 0 Å². The van der Waals surface area contributed by atoms with Gasteiger partial charge in [-0.25, -0.2) is 14.4 Å². The molecule has 214 valence electrons. The molecule has 0 unspecified atom stereocenters. The van der Waals surface area contributed by atoms with Crippen LogP contribution in [0.5, 0.6) is 5.75 Å². The number of fused-ring (bicyclic) bond motifs is 3. The molecule has 15 heteroatoms. The highest BCUT2D eigenvalue weighted by Crippen LogP contribution is 2.26. The van der Waals surface area contributed by atoms with E-state index in [1.54, 1.807) is 36.9 Å². The number of piperazine rings is 1. The van der Waals surface area contributed by atoms with Gasteiger partial charge in [0.15, 0.2) is 29.2 Å². The molecule has 1 saturated heterocycles. The molecule has 1 amide bonds. The lowest BCUT2D eigenvalue weighted by atomic mass is 10.2. The quantitative estimate of drug-likeness (QED) is 0.219. The van der Waals surface area contributed by atoms with Crippen LogP contribution in [0, 0.1) is 5.82 Å². The molecule has 14 nitrogen and oxygen atoms in total. The highest BCUT2D eigenvalue weighted by Gasteiger charge is 2.21. The monoisotopic (exact) mass is 563 g/mol. The second-order valence-corrected chi connectivity index (χ2v) is 9.60. The molecule has 41 heavy (non-hydrogen) atoms. The lowest BCUT2D eigenvalue weighted by Crippen LogP contribution is -2.47. The van der Waals surface area contributed by atoms with Crippen molar-refractivity contribution in [2.45, 2.75) is 6.54 Å². The van der Waals surface area contributed by atoms with E-state index < -0.39 is 0 Å². The van der Waals surface area contributed by atoms with Crippen molar-refractivity contribution >= 4 is 34.4 Å². The first-order valence-corrected chi connectivity index (χ1v) is 13.3. The number of nitrogens with zero attached hydrogens (tertiary/aromatic N) is 8. The van der Waals surface area contributed by atoms with E-state index in [9.17, 15) is 9.18 Å². The Hall–Kier alpha value is -4.76. The largest absolute Gasteiger partial charge is 0.484 e. The number of halogens is 1. The van der Waals surface area contributed by atoms with E-state index in [1.807, 2.05) is 9.47 Å². The number of aromatic nitrogens is 6. The highest BCUT2D eigenvalue weighted by atomic mass is 19.1. The Labute approximate surface area is 233 Å². The van der Waals surface area contributed by atoms with Crippen LogP contribution in [0.15, 0.2) is 47.3 Å². The lowest BCUT2D eigenvalue weighted by molar-refractivity contribution is -0.123. The van der Waals surface area contributed by atoms with Crippen molar-refractivity contribution in [3.8, 4) is 17.3 Å². The molecule has 1 fully saturated rings. The molecular weight excluding hydrogens is 533 g/mol. The van der Waals surface area contributed by atoms with Gasteiger partial charge >= 0.3 is 0 Å². The predicted octanol–water partition coefficient (Wildman–Crippen LogP) is 0.731. The fourth-order valence-corrected chi connectivity index (χ4v) is 4.81. The Morgan fingerprint density at radius 1 is 1.12 bits per heavy atom. The first kappa shape index (κ1) is 26.5. The number of hydrogen-bond acceptors (Lipinski definition) is 11. The molecule has 5 aromatic rings. The smallest absolute Gasteiger partial charge is 0.257 e. The number of nitrogens with one attached hydrogen (secondary N) is 1. The zero-order chi connectivity index (χ0) is 28.3. The van der Waals surface area contributed by atoms with E-state index in [1.165, 1.54) is 10.6 Å². The van der Waals surface area contributed by atoms with E-state index in [2.05, 4.69) is 30.3 Å². The first-order valence-electron chi connectivity index (χ1n) is 13.3. The van der Waals surface area contributed by atoms with Crippen LogP contribution >= 0.6 is 0 Å². The van der Waals surface area contributed by atoms with Gasteiger partial charge in [0.1, 0.15) is 11.6 Å². The third-order valence-corrected chi connectivity index (χ3v) is 6.93. The molecule has 1 aromatic carbocycles. The van der Waals surface area contributed by atoms with Gasteiger partial charge in [0.05, 0.1) is 18.3 Å². The van der Waals surface area contributed by atoms with Crippen LogP contribution in [-0.2, 0) is 11.3 Å². The van der Waals surface area contributed by atoms with Gasteiger partial charge in [0.2, 0.25) is 11.8 Å². The van der Waals surface area contributed by atoms with Gasteiger partial charge in [-0.05, 0) is 24.3 Å². The molecule has 0 bridgehead atoms. The summed E-state index contributed by atoms with van der Waals surface area (Å²) in [5.74, 6) is 0.767. The fourth-order valence-electron chi connectivity index (χ4n) is 4.81. The second kappa shape index (κ2) is 11.4. The topological polar surface area (TPSA) is 171 Å². The normalized spacial score (nSPS) is 14.2. The summed E-state index contributed by atoms with van der Waals surface area (Å²) in [6, 6.07) is 8.22. The summed E-state index contributed by atoms with van der Waals surface area (Å²) in [5.41, 5.74) is 13.8. The molecule has 0 atom stereocenters. The number of benzene rings is 1. The molecule has 0 aliphatic carbocycles. The highest BCUT2D eigenvalue weighted by molar-refractivity contribution is 5.87. The molecule has 0 radical (unpaired) electrons. The summed E-state index contributed by atoms with van der Waals surface area (Å²) < 4.78 is 29.1. The van der Waals surface area contributed by atoms with Crippen LogP contribution in [0.2, 0.25) is 0 Å². The van der Waals surface area contributed by atoms with Crippen LogP contribution in [-0.4, -0.2) is 92.4 Å². The molecule has 0 spiro atoms. The van der Waals surface area contributed by atoms with E-state index >= 15 is 0 Å². The molecule has 5 N–H and O–H groups in total. The number of hydrogen-bond donors (Lipinski definition) is 3. The van der Waals surface area contributed by atoms with Crippen LogP contribution in [0.25, 0.3) is 28.4 Å². The van der Waals surface area contributed by atoms with Crippen molar-refractivity contribution in [3.63, 3.8) is 0 Å². The third-order valence-electron chi connectivity index (χ3n) is 6.93. The van der Waals surface area contributed by atoms with Crippen molar-refractivity contribution in [2.24, 2.45) is 5.73 Å². The van der Waals surface area contributed by atoms with E-state index in [0.717, 1.165) is 19.6 Å². The Balaban J connectivity index is 1.05. The maximum atomic E-state index is 14.9. The molecule has 1 aliphatic heterocycles. The molecule has 1 aliphatic rings. The number of ether oxygens (including phenoxy) is 1. The van der Waals surface area contributed by atoms with Crippen LogP contribution < -0.4 is 26.4 Å². The van der Waals surface area contributed by atoms with Crippen molar-refractivity contribution in [3.05, 3.63) is 48.7 Å². The third kappa shape index (κ3) is 5.49. The number of furan rings is 1. The molecule has 0 saturated carbocycles. The van der Waals surface area contributed by atoms with Crippen LogP contribution in [0.3, 0.4) is 0 Å². The number of nitrogen functional groups attached to an aromatic ring is 1. The van der Waals surface area contributed by atoms with Gasteiger partial charge in [-0.15, -0.1) is 5.10 Å². The van der Waals surface area contributed by atoms with Crippen molar-refractivity contribution in [2.75, 3.05) is 63.1 Å². The minimum atomic E-state index is -0.387. The number of imidazole rings is 1. The molecular formula is C26H30FN11O3. The summed E-state index contributed by atoms with van der Waals surface area (Å²) in [5, 5.41) is 7.02. The van der Waals surface area contributed by atoms with Crippen molar-refractivity contribution < 1.29 is 18.3 Å². The Kier molecular flexibility index (Phi) is 7.35. The van der Waals surface area contributed by atoms with Crippen LogP contribution in [0.1, 0.15) is 0 Å². The number of amides is 1. The standard InChI is InChI=1S/C26H30FN11O3/c27-18-14-17(41-15-21(39)30-6-5-28)3-4-19(18)36-10-7-35(8-11-36)9-12-37-16-31-22-24(37)33-26(29)38-25(22)32-23(34-38)20-2-1-13-40-20/h1-4,13-14,16H,5-12,15,28H2,(H2,29,33)(H,30,39). The summed E-state index contributed by atoms with van der Waals surface area (Å²) in [4.78, 5) is 29.6. The zero-order valence-electron chi connectivity index (χ0n) is 22.2. The van der Waals surface area contributed by atoms with E-state index in [4.69, 9.17) is 20.6 Å². The maximum absolute atomic E-state index is 14.9. The minimum Gasteiger partial charge on any atom is -0.484 e. The first-order chi connectivity index (χ1) is 20.0. The van der Waals surface area contributed by atoms with E-state index in [-0.39, 0.29) is 24.3 Å². The van der Waals surface area contributed by atoms with Gasteiger partial charge in [-0.3, -0.25) is 9.69 Å². The number of nitrogens with two attached hydrogens (primary N) is 2. The summed E-state index contributed by atoms with van der Waals surface area (Å²) in [6.07, 6.45) is 3.29. The summed E-state index contributed by atoms with van der Waals surface area (Å²) >= 11 is 0. The zero-order valence-corrected chi connectivity index (χ0v) is 22.2. The summed E-state index contributed by atoms with van der Waals surface area (Å²) in [7, 11) is 0. The number of carbonyl (C=O) groups is 1. The number of anilines is 2. The van der Waals surface area contributed by atoms with Gasteiger partial charge in [0, 0.05) is 58.4 Å². The average Bonchev–Trinajstić information content (AvgIpc) is 3.74. The average molecular weight is 564 g/mol. The Morgan fingerprint density at radius 3 is 2.73 bits per heavy atom. The predicted molar refractivity (Wildman–Crippen MR) is 149 cm³/mol. The molecule has 5 heterocycles. The number of carbonyl (C=O) groups excluding carboxylic acids is 1. The minimum absolute atomic E-state index is 0.193. The Morgan fingerprint density at radius 2 is 1.98 bits per heavy atom. The molecule has 6 rings (SSSR count). The molecule has 4 aromatic heterocycles. The lowest BCUT2D eigenvalue weighted by Gasteiger charge is -2.36. The maximum Gasteiger partial charge on any atom is 0.257 e. The van der Waals surface area contributed by atoms with Gasteiger partial charge in [-0.1, -0.05) is 0 Å². The van der Waals surface area contributed by atoms with Gasteiger partial charge in [-0.2, -0.15) is 9.50 Å². The SMILES string of the molecule is NCCNC(=O)COc1ccc(N2CCN(CCn3cnc4c3nc(N)n3nc(-c5ccco5)nc43)CC2)c(F)c1. The van der Waals surface area contributed by atoms with Crippen LogP contribution in [0.4, 0.5) is 16.0 Å². The summed E-state index contributed by atoms with van der Waals surface area (Å²) in [6.45, 7) is 4.80. The number of rotatable bonds is 10.